The third kappa shape index (κ3) is 5.33. The number of hydrogen-bond donors (Lipinski definition) is 1. The van der Waals surface area contributed by atoms with E-state index >= 15 is 0 Å². The van der Waals surface area contributed by atoms with Crippen LogP contribution in [-0.2, 0) is 14.6 Å². The molecule has 0 saturated carbocycles. The Morgan fingerprint density at radius 3 is 2.76 bits per heavy atom. The summed E-state index contributed by atoms with van der Waals surface area (Å²) in [5, 5.41) is 21.2. The lowest BCUT2D eigenvalue weighted by molar-refractivity contribution is -0.0656. The summed E-state index contributed by atoms with van der Waals surface area (Å²) >= 11 is 0. The minimum Gasteiger partial charge on any atom is -0.395 e. The highest BCUT2D eigenvalue weighted by molar-refractivity contribution is 5.18. The standard InChI is InChI=1S/C15H21FNO4/c16-13-3-1-2-12(10-13)14(19)4-5-17(6-7-18)11-15-20-8-9-21-15/h1-3,10,14-15,18H,4-9,11H2. The molecule has 0 bridgehead atoms. The fourth-order valence-electron chi connectivity index (χ4n) is 2.33. The Morgan fingerprint density at radius 1 is 1.33 bits per heavy atom. The largest absolute Gasteiger partial charge is 0.395 e. The molecule has 1 atom stereocenters. The summed E-state index contributed by atoms with van der Waals surface area (Å²) in [5.74, 6) is -0.395. The van der Waals surface area contributed by atoms with Crippen molar-refractivity contribution in [3.8, 4) is 0 Å². The average Bonchev–Trinajstić information content (AvgIpc) is 2.97. The van der Waals surface area contributed by atoms with Gasteiger partial charge in [0.15, 0.2) is 6.29 Å². The predicted octanol–water partition coefficient (Wildman–Crippen LogP) is 1.35. The Morgan fingerprint density at radius 2 is 2.10 bits per heavy atom. The molecule has 6 heteroatoms. The van der Waals surface area contributed by atoms with E-state index in [2.05, 4.69) is 0 Å². The summed E-state index contributed by atoms with van der Waals surface area (Å²) in [5.41, 5.74) is 0.451. The predicted molar refractivity (Wildman–Crippen MR) is 73.7 cm³/mol. The normalized spacial score (nSPS) is 17.5. The fourth-order valence-corrected chi connectivity index (χ4v) is 2.33. The van der Waals surface area contributed by atoms with E-state index in [1.165, 1.54) is 12.1 Å². The van der Waals surface area contributed by atoms with Crippen LogP contribution in [0.3, 0.4) is 0 Å². The van der Waals surface area contributed by atoms with Gasteiger partial charge < -0.3 is 14.6 Å². The highest BCUT2D eigenvalue weighted by atomic mass is 19.1. The Hall–Kier alpha value is -1.05. The zero-order chi connectivity index (χ0) is 15.1. The summed E-state index contributed by atoms with van der Waals surface area (Å²) in [6.07, 6.45) is -0.931. The van der Waals surface area contributed by atoms with Gasteiger partial charge in [-0.25, -0.2) is 9.50 Å². The lowest BCUT2D eigenvalue weighted by Crippen LogP contribution is -2.36. The van der Waals surface area contributed by atoms with Gasteiger partial charge in [0, 0.05) is 19.6 Å². The van der Waals surface area contributed by atoms with Crippen LogP contribution in [0.4, 0.5) is 4.39 Å². The van der Waals surface area contributed by atoms with Crippen molar-refractivity contribution >= 4 is 0 Å². The molecule has 1 unspecified atom stereocenters. The van der Waals surface area contributed by atoms with Crippen LogP contribution in [0, 0.1) is 5.82 Å². The van der Waals surface area contributed by atoms with E-state index in [0.717, 1.165) is 0 Å². The van der Waals surface area contributed by atoms with E-state index in [-0.39, 0.29) is 12.9 Å². The second kappa shape index (κ2) is 8.41. The molecule has 0 spiro atoms. The number of aliphatic hydroxyl groups excluding tert-OH is 1. The van der Waals surface area contributed by atoms with Gasteiger partial charge in [0.25, 0.3) is 0 Å². The summed E-state index contributed by atoms with van der Waals surface area (Å²) in [6.45, 7) is 2.65. The number of ether oxygens (including phenoxy) is 2. The van der Waals surface area contributed by atoms with Crippen molar-refractivity contribution in [3.63, 3.8) is 0 Å². The van der Waals surface area contributed by atoms with Gasteiger partial charge in [0.05, 0.1) is 19.8 Å². The third-order valence-corrected chi connectivity index (χ3v) is 3.44. The molecule has 1 aromatic carbocycles. The quantitative estimate of drug-likeness (QED) is 0.787. The minimum atomic E-state index is -0.979. The SMILES string of the molecule is [O]C(CCN(CCO)CC1OCCO1)c1cccc(F)c1. The van der Waals surface area contributed by atoms with Crippen LogP contribution in [0.1, 0.15) is 18.1 Å². The van der Waals surface area contributed by atoms with E-state index in [4.69, 9.17) is 14.6 Å². The first-order valence-electron chi connectivity index (χ1n) is 7.16. The van der Waals surface area contributed by atoms with Crippen molar-refractivity contribution in [3.05, 3.63) is 35.6 Å². The summed E-state index contributed by atoms with van der Waals surface area (Å²) in [7, 11) is 0. The number of benzene rings is 1. The number of nitrogens with zero attached hydrogens (tertiary/aromatic N) is 1. The molecule has 21 heavy (non-hydrogen) atoms. The van der Waals surface area contributed by atoms with Crippen LogP contribution in [0.15, 0.2) is 24.3 Å². The maximum absolute atomic E-state index is 13.1. The van der Waals surface area contributed by atoms with E-state index in [9.17, 15) is 9.50 Å². The lowest BCUT2D eigenvalue weighted by Gasteiger charge is -2.24. The van der Waals surface area contributed by atoms with Crippen molar-refractivity contribution in [1.29, 1.82) is 0 Å². The van der Waals surface area contributed by atoms with Crippen LogP contribution in [0.5, 0.6) is 0 Å². The molecule has 5 nitrogen and oxygen atoms in total. The molecule has 117 valence electrons. The molecule has 1 aliphatic rings. The number of hydrogen-bond acceptors (Lipinski definition) is 4. The van der Waals surface area contributed by atoms with Crippen LogP contribution in [0.2, 0.25) is 0 Å². The zero-order valence-electron chi connectivity index (χ0n) is 11.9. The minimum absolute atomic E-state index is 0.0101. The average molecular weight is 298 g/mol. The van der Waals surface area contributed by atoms with Gasteiger partial charge in [-0.15, -0.1) is 0 Å². The van der Waals surface area contributed by atoms with Gasteiger partial charge >= 0.3 is 0 Å². The second-order valence-electron chi connectivity index (χ2n) is 5.03. The molecule has 2 rings (SSSR count). The molecule has 1 aliphatic heterocycles. The maximum atomic E-state index is 13.1. The van der Waals surface area contributed by atoms with Gasteiger partial charge in [-0.3, -0.25) is 4.90 Å². The fraction of sp³-hybridized carbons (Fsp3) is 0.600. The van der Waals surface area contributed by atoms with Crippen LogP contribution in [-0.4, -0.2) is 55.8 Å². The molecular formula is C15H21FNO4. The van der Waals surface area contributed by atoms with Gasteiger partial charge in [-0.1, -0.05) is 12.1 Å². The second-order valence-corrected chi connectivity index (χ2v) is 5.03. The smallest absolute Gasteiger partial charge is 0.170 e. The molecule has 1 aromatic rings. The summed E-state index contributed by atoms with van der Waals surface area (Å²) in [6, 6.07) is 5.78. The van der Waals surface area contributed by atoms with Gasteiger partial charge in [0.1, 0.15) is 11.9 Å². The van der Waals surface area contributed by atoms with Crippen LogP contribution in [0.25, 0.3) is 0 Å². The van der Waals surface area contributed by atoms with Gasteiger partial charge in [-0.2, -0.15) is 0 Å². The Labute approximate surface area is 123 Å². The van der Waals surface area contributed by atoms with Gasteiger partial charge in [0.2, 0.25) is 0 Å². The van der Waals surface area contributed by atoms with E-state index in [0.29, 0.717) is 44.8 Å². The molecule has 1 fully saturated rings. The van der Waals surface area contributed by atoms with E-state index < -0.39 is 11.9 Å². The molecule has 0 aliphatic carbocycles. The molecule has 1 radical (unpaired) electrons. The van der Waals surface area contributed by atoms with Gasteiger partial charge in [-0.05, 0) is 24.1 Å². The highest BCUT2D eigenvalue weighted by Crippen LogP contribution is 2.19. The summed E-state index contributed by atoms with van der Waals surface area (Å²) in [4.78, 5) is 1.93. The van der Waals surface area contributed by atoms with Crippen molar-refractivity contribution in [2.45, 2.75) is 18.8 Å². The molecule has 1 N–H and O–H groups in total. The molecular weight excluding hydrogens is 277 g/mol. The Balaban J connectivity index is 1.82. The molecule has 0 aromatic heterocycles. The van der Waals surface area contributed by atoms with Crippen LogP contribution < -0.4 is 0 Å². The third-order valence-electron chi connectivity index (χ3n) is 3.44. The van der Waals surface area contributed by atoms with Crippen molar-refractivity contribution in [2.24, 2.45) is 0 Å². The first-order chi connectivity index (χ1) is 10.2. The topological polar surface area (TPSA) is 61.8 Å². The maximum Gasteiger partial charge on any atom is 0.170 e. The van der Waals surface area contributed by atoms with E-state index in [1.54, 1.807) is 12.1 Å². The Kier molecular flexibility index (Phi) is 6.53. The first-order valence-corrected chi connectivity index (χ1v) is 7.16. The van der Waals surface area contributed by atoms with Crippen molar-refractivity contribution < 1.29 is 24.1 Å². The molecule has 1 saturated heterocycles. The number of rotatable bonds is 8. The van der Waals surface area contributed by atoms with Crippen molar-refractivity contribution in [1.82, 2.24) is 4.90 Å². The lowest BCUT2D eigenvalue weighted by atomic mass is 10.1. The number of aliphatic hydroxyl groups is 1. The van der Waals surface area contributed by atoms with Crippen LogP contribution >= 0.6 is 0 Å². The Bertz CT molecular complexity index is 426. The molecule has 1 heterocycles. The molecule has 0 amide bonds. The van der Waals surface area contributed by atoms with Crippen molar-refractivity contribution in [2.75, 3.05) is 39.5 Å². The monoisotopic (exact) mass is 298 g/mol. The zero-order valence-corrected chi connectivity index (χ0v) is 11.9. The highest BCUT2D eigenvalue weighted by Gasteiger charge is 2.20. The summed E-state index contributed by atoms with van der Waals surface area (Å²) < 4.78 is 23.8. The van der Waals surface area contributed by atoms with E-state index in [1.807, 2.05) is 4.90 Å². The first kappa shape index (κ1) is 16.3. The number of halogens is 1.